The summed E-state index contributed by atoms with van der Waals surface area (Å²) in [6, 6.07) is 4.76. The molecule has 0 aliphatic carbocycles. The molecule has 0 aromatic heterocycles. The van der Waals surface area contributed by atoms with E-state index in [4.69, 9.17) is 0 Å². The van der Waals surface area contributed by atoms with Crippen molar-refractivity contribution in [2.24, 2.45) is 0 Å². The standard InChI is InChI=1S/C9H10N2O4S/c12-11(13)9(16(14)15)7-1-2-8-6(5-7)3-4-10-8/h1-2,5,9-10,16H,3-4H2. The molecule has 1 aliphatic heterocycles. The zero-order valence-corrected chi connectivity index (χ0v) is 9.15. The molecule has 7 heteroatoms. The third-order valence-corrected chi connectivity index (χ3v) is 3.42. The highest BCUT2D eigenvalue weighted by atomic mass is 32.2. The average Bonchev–Trinajstić information content (AvgIpc) is 2.63. The Kier molecular flexibility index (Phi) is 2.78. The molecule has 1 aromatic carbocycles. The van der Waals surface area contributed by atoms with Crippen molar-refractivity contribution in [3.63, 3.8) is 0 Å². The maximum atomic E-state index is 10.8. The van der Waals surface area contributed by atoms with Gasteiger partial charge < -0.3 is 5.32 Å². The molecule has 1 N–H and O–H groups in total. The Bertz CT molecular complexity index is 504. The van der Waals surface area contributed by atoms with E-state index in [0.29, 0.717) is 0 Å². The number of benzene rings is 1. The first-order valence-corrected chi connectivity index (χ1v) is 5.98. The van der Waals surface area contributed by atoms with Crippen LogP contribution in [0.25, 0.3) is 0 Å². The van der Waals surface area contributed by atoms with Crippen LogP contribution in [-0.2, 0) is 17.1 Å². The van der Waals surface area contributed by atoms with E-state index in [2.05, 4.69) is 5.32 Å². The highest BCUT2D eigenvalue weighted by Crippen LogP contribution is 2.27. The SMILES string of the molecule is O=[N+]([O-])C(c1ccc2c(c1)CCN2)[SH](=O)=O. The third kappa shape index (κ3) is 1.85. The molecular weight excluding hydrogens is 232 g/mol. The van der Waals surface area contributed by atoms with Gasteiger partial charge in [0.1, 0.15) is 0 Å². The summed E-state index contributed by atoms with van der Waals surface area (Å²) in [5.74, 6) is 0. The minimum Gasteiger partial charge on any atom is -0.384 e. The Hall–Kier alpha value is -1.63. The van der Waals surface area contributed by atoms with Crippen LogP contribution < -0.4 is 5.32 Å². The van der Waals surface area contributed by atoms with Crippen LogP contribution in [0.1, 0.15) is 16.5 Å². The van der Waals surface area contributed by atoms with E-state index < -0.39 is 21.0 Å². The number of thiol groups is 1. The molecule has 86 valence electrons. The van der Waals surface area contributed by atoms with Gasteiger partial charge in [0.2, 0.25) is 10.7 Å². The number of nitrogens with zero attached hydrogens (tertiary/aromatic N) is 1. The van der Waals surface area contributed by atoms with E-state index in [-0.39, 0.29) is 5.56 Å². The molecule has 6 nitrogen and oxygen atoms in total. The first-order valence-electron chi connectivity index (χ1n) is 4.73. The van der Waals surface area contributed by atoms with Crippen molar-refractivity contribution >= 4 is 16.4 Å². The fraction of sp³-hybridized carbons (Fsp3) is 0.333. The maximum absolute atomic E-state index is 10.8. The Balaban J connectivity index is 2.43. The first-order chi connectivity index (χ1) is 7.59. The number of hydrogen-bond donors (Lipinski definition) is 2. The second-order valence-electron chi connectivity index (χ2n) is 3.54. The van der Waals surface area contributed by atoms with Crippen molar-refractivity contribution in [3.05, 3.63) is 39.4 Å². The Morgan fingerprint density at radius 3 is 2.81 bits per heavy atom. The van der Waals surface area contributed by atoms with Gasteiger partial charge in [-0.3, -0.25) is 10.1 Å². The maximum Gasteiger partial charge on any atom is 0.332 e. The number of nitrogens with one attached hydrogen (secondary N) is 1. The van der Waals surface area contributed by atoms with Crippen LogP contribution in [0.15, 0.2) is 18.2 Å². The number of fused-ring (bicyclic) bond motifs is 1. The Morgan fingerprint density at radius 2 is 2.19 bits per heavy atom. The van der Waals surface area contributed by atoms with Crippen LogP contribution in [0.4, 0.5) is 5.69 Å². The summed E-state index contributed by atoms with van der Waals surface area (Å²) in [5, 5.41) is 12.1. The summed E-state index contributed by atoms with van der Waals surface area (Å²) in [6.45, 7) is 0.783. The second kappa shape index (κ2) is 4.09. The predicted octanol–water partition coefficient (Wildman–Crippen LogP) is 0.541. The largest absolute Gasteiger partial charge is 0.384 e. The molecule has 2 rings (SSSR count). The molecule has 1 atom stereocenters. The van der Waals surface area contributed by atoms with Crippen LogP contribution >= 0.6 is 0 Å². The van der Waals surface area contributed by atoms with E-state index in [1.54, 1.807) is 12.1 Å². The highest BCUT2D eigenvalue weighted by molar-refractivity contribution is 7.72. The van der Waals surface area contributed by atoms with Crippen molar-refractivity contribution in [1.29, 1.82) is 0 Å². The van der Waals surface area contributed by atoms with Crippen molar-refractivity contribution in [3.8, 4) is 0 Å². The molecule has 1 unspecified atom stereocenters. The fourth-order valence-corrected chi connectivity index (χ4v) is 2.36. The number of anilines is 1. The molecular formula is C9H10N2O4S. The molecule has 0 saturated carbocycles. The van der Waals surface area contributed by atoms with Crippen molar-refractivity contribution in [1.82, 2.24) is 0 Å². The number of rotatable bonds is 3. The van der Waals surface area contributed by atoms with E-state index in [1.807, 2.05) is 0 Å². The van der Waals surface area contributed by atoms with E-state index in [1.165, 1.54) is 6.07 Å². The zero-order chi connectivity index (χ0) is 11.7. The predicted molar refractivity (Wildman–Crippen MR) is 58.7 cm³/mol. The number of nitro groups is 1. The minimum atomic E-state index is -3.11. The van der Waals surface area contributed by atoms with Gasteiger partial charge in [-0.05, 0) is 30.2 Å². The lowest BCUT2D eigenvalue weighted by Gasteiger charge is -2.05. The normalized spacial score (nSPS) is 15.6. The lowest BCUT2D eigenvalue weighted by molar-refractivity contribution is -0.502. The quantitative estimate of drug-likeness (QED) is 0.459. The number of hydrogen-bond acceptors (Lipinski definition) is 5. The Labute approximate surface area is 93.4 Å². The molecule has 1 aliphatic rings. The van der Waals surface area contributed by atoms with Crippen LogP contribution in [0.3, 0.4) is 0 Å². The molecule has 1 heterocycles. The van der Waals surface area contributed by atoms with Crippen LogP contribution in [-0.4, -0.2) is 19.9 Å². The summed E-state index contributed by atoms with van der Waals surface area (Å²) >= 11 is 0. The summed E-state index contributed by atoms with van der Waals surface area (Å²) < 4.78 is 21.6. The van der Waals surface area contributed by atoms with Gasteiger partial charge in [-0.15, -0.1) is 0 Å². The molecule has 0 amide bonds. The second-order valence-corrected chi connectivity index (χ2v) is 4.60. The average molecular weight is 242 g/mol. The molecule has 16 heavy (non-hydrogen) atoms. The van der Waals surface area contributed by atoms with Crippen LogP contribution in [0.5, 0.6) is 0 Å². The molecule has 0 spiro atoms. The van der Waals surface area contributed by atoms with Crippen molar-refractivity contribution < 1.29 is 13.3 Å². The third-order valence-electron chi connectivity index (χ3n) is 2.54. The Morgan fingerprint density at radius 1 is 1.44 bits per heavy atom. The fourth-order valence-electron chi connectivity index (χ4n) is 1.81. The summed E-state index contributed by atoms with van der Waals surface area (Å²) in [6.07, 6.45) is 0.767. The molecule has 1 aromatic rings. The lowest BCUT2D eigenvalue weighted by Crippen LogP contribution is -2.12. The van der Waals surface area contributed by atoms with Gasteiger partial charge >= 0.3 is 5.37 Å². The zero-order valence-electron chi connectivity index (χ0n) is 8.25. The first kappa shape index (κ1) is 10.9. The summed E-state index contributed by atoms with van der Waals surface area (Å²) in [4.78, 5) is 9.87. The molecule has 0 radical (unpaired) electrons. The van der Waals surface area contributed by atoms with Crippen LogP contribution in [0.2, 0.25) is 0 Å². The summed E-state index contributed by atoms with van der Waals surface area (Å²) in [7, 11) is -3.11. The van der Waals surface area contributed by atoms with Gasteiger partial charge in [-0.2, -0.15) is 0 Å². The van der Waals surface area contributed by atoms with E-state index >= 15 is 0 Å². The van der Waals surface area contributed by atoms with E-state index in [9.17, 15) is 18.5 Å². The van der Waals surface area contributed by atoms with Gasteiger partial charge in [0.05, 0.1) is 0 Å². The molecule has 0 fully saturated rings. The van der Waals surface area contributed by atoms with Crippen molar-refractivity contribution in [2.75, 3.05) is 11.9 Å². The topological polar surface area (TPSA) is 89.3 Å². The molecule has 0 saturated heterocycles. The monoisotopic (exact) mass is 242 g/mol. The highest BCUT2D eigenvalue weighted by Gasteiger charge is 2.27. The van der Waals surface area contributed by atoms with Gasteiger partial charge in [0.25, 0.3) is 0 Å². The minimum absolute atomic E-state index is 0.226. The lowest BCUT2D eigenvalue weighted by atomic mass is 10.1. The van der Waals surface area contributed by atoms with Crippen LogP contribution in [0, 0.1) is 10.1 Å². The van der Waals surface area contributed by atoms with Gasteiger partial charge in [0, 0.05) is 22.7 Å². The van der Waals surface area contributed by atoms with E-state index in [0.717, 1.165) is 24.2 Å². The summed E-state index contributed by atoms with van der Waals surface area (Å²) in [5.41, 5.74) is 2.08. The van der Waals surface area contributed by atoms with Gasteiger partial charge in [-0.25, -0.2) is 8.42 Å². The van der Waals surface area contributed by atoms with Crippen molar-refractivity contribution in [2.45, 2.75) is 11.8 Å². The van der Waals surface area contributed by atoms with Gasteiger partial charge in [-0.1, -0.05) is 0 Å². The molecule has 0 bridgehead atoms. The van der Waals surface area contributed by atoms with Gasteiger partial charge in [0.15, 0.2) is 0 Å². The smallest absolute Gasteiger partial charge is 0.332 e.